The van der Waals surface area contributed by atoms with Crippen molar-refractivity contribution in [3.63, 3.8) is 0 Å². The Bertz CT molecular complexity index is 474. The molecule has 0 aromatic carbocycles. The van der Waals surface area contributed by atoms with Gasteiger partial charge in [0.1, 0.15) is 5.76 Å². The molecule has 21 heavy (non-hydrogen) atoms. The summed E-state index contributed by atoms with van der Waals surface area (Å²) in [5.41, 5.74) is 0. The summed E-state index contributed by atoms with van der Waals surface area (Å²) in [6.07, 6.45) is 2.75. The number of carbonyl (C=O) groups excluding carboxylic acids is 1. The van der Waals surface area contributed by atoms with E-state index in [0.29, 0.717) is 24.4 Å². The van der Waals surface area contributed by atoms with Crippen molar-refractivity contribution in [2.75, 3.05) is 26.2 Å². The molecule has 0 spiro atoms. The molecule has 2 N–H and O–H groups in total. The second kappa shape index (κ2) is 6.20. The number of likely N-dealkylation sites (tertiary alicyclic amines) is 1. The van der Waals surface area contributed by atoms with Crippen molar-refractivity contribution in [2.24, 2.45) is 11.8 Å². The summed E-state index contributed by atoms with van der Waals surface area (Å²) in [4.78, 5) is 14.6. The molecule has 2 aliphatic heterocycles. The van der Waals surface area contributed by atoms with Gasteiger partial charge in [0.05, 0.1) is 18.8 Å². The minimum atomic E-state index is -0.0728. The maximum atomic E-state index is 12.3. The molecule has 3 rings (SSSR count). The molecule has 1 aromatic heterocycles. The normalized spacial score (nSPS) is 30.3. The summed E-state index contributed by atoms with van der Waals surface area (Å²) in [5.74, 6) is 2.32. The smallest absolute Gasteiger partial charge is 0.234 e. The van der Waals surface area contributed by atoms with Gasteiger partial charge >= 0.3 is 0 Å². The van der Waals surface area contributed by atoms with Crippen LogP contribution in [-0.2, 0) is 4.79 Å². The predicted molar refractivity (Wildman–Crippen MR) is 80.8 cm³/mol. The van der Waals surface area contributed by atoms with Crippen LogP contribution >= 0.6 is 0 Å². The van der Waals surface area contributed by atoms with E-state index in [9.17, 15) is 4.79 Å². The summed E-state index contributed by atoms with van der Waals surface area (Å²) >= 11 is 0. The van der Waals surface area contributed by atoms with Gasteiger partial charge in [-0.25, -0.2) is 0 Å². The van der Waals surface area contributed by atoms with Crippen LogP contribution in [0.2, 0.25) is 0 Å². The van der Waals surface area contributed by atoms with Gasteiger partial charge in [-0.3, -0.25) is 9.69 Å². The lowest BCUT2D eigenvalue weighted by Crippen LogP contribution is -2.42. The fourth-order valence-electron chi connectivity index (χ4n) is 3.93. The SMILES string of the molecule is CCC1C2CNCC2CN1CC(=O)NC(C)c1ccco1. The lowest BCUT2D eigenvalue weighted by Gasteiger charge is -2.26. The van der Waals surface area contributed by atoms with Crippen LogP contribution in [0.1, 0.15) is 32.1 Å². The van der Waals surface area contributed by atoms with Crippen LogP contribution in [0.4, 0.5) is 0 Å². The number of hydrogen-bond acceptors (Lipinski definition) is 4. The molecule has 116 valence electrons. The third-order valence-electron chi connectivity index (χ3n) is 4.94. The maximum Gasteiger partial charge on any atom is 0.234 e. The Morgan fingerprint density at radius 1 is 1.57 bits per heavy atom. The zero-order valence-electron chi connectivity index (χ0n) is 12.8. The Morgan fingerprint density at radius 3 is 3.14 bits per heavy atom. The van der Waals surface area contributed by atoms with Crippen molar-refractivity contribution in [3.05, 3.63) is 24.2 Å². The Balaban J connectivity index is 1.55. The highest BCUT2D eigenvalue weighted by Crippen LogP contribution is 2.33. The minimum absolute atomic E-state index is 0.0728. The van der Waals surface area contributed by atoms with E-state index >= 15 is 0 Å². The van der Waals surface area contributed by atoms with Gasteiger partial charge in [-0.2, -0.15) is 0 Å². The van der Waals surface area contributed by atoms with Crippen molar-refractivity contribution < 1.29 is 9.21 Å². The molecule has 5 nitrogen and oxygen atoms in total. The van der Waals surface area contributed by atoms with E-state index in [2.05, 4.69) is 22.5 Å². The number of fused-ring (bicyclic) bond motifs is 1. The molecule has 1 aromatic rings. The highest BCUT2D eigenvalue weighted by atomic mass is 16.3. The topological polar surface area (TPSA) is 57.5 Å². The van der Waals surface area contributed by atoms with E-state index in [1.807, 2.05) is 19.1 Å². The Morgan fingerprint density at radius 2 is 2.43 bits per heavy atom. The van der Waals surface area contributed by atoms with Gasteiger partial charge in [-0.05, 0) is 50.4 Å². The summed E-state index contributed by atoms with van der Waals surface area (Å²) in [6.45, 7) is 7.92. The molecule has 4 atom stereocenters. The van der Waals surface area contributed by atoms with E-state index in [1.165, 1.54) is 0 Å². The Labute approximate surface area is 126 Å². The van der Waals surface area contributed by atoms with Crippen LogP contribution in [0, 0.1) is 11.8 Å². The lowest BCUT2D eigenvalue weighted by atomic mass is 9.93. The van der Waals surface area contributed by atoms with Crippen molar-refractivity contribution in [3.8, 4) is 0 Å². The van der Waals surface area contributed by atoms with Gasteiger partial charge in [0.15, 0.2) is 0 Å². The van der Waals surface area contributed by atoms with Crippen LogP contribution in [0.3, 0.4) is 0 Å². The second-order valence-electron chi connectivity index (χ2n) is 6.29. The van der Waals surface area contributed by atoms with Gasteiger partial charge in [0, 0.05) is 12.6 Å². The first-order valence-corrected chi connectivity index (χ1v) is 7.96. The predicted octanol–water partition coefficient (Wildman–Crippen LogP) is 1.39. The van der Waals surface area contributed by atoms with Crippen molar-refractivity contribution >= 4 is 5.91 Å². The number of furan rings is 1. The molecular formula is C16H25N3O2. The third kappa shape index (κ3) is 2.99. The van der Waals surface area contributed by atoms with E-state index in [4.69, 9.17) is 4.42 Å². The standard InChI is InChI=1S/C16H25N3O2/c1-3-14-13-8-17-7-12(13)9-19(14)10-16(20)18-11(2)15-5-4-6-21-15/h4-6,11-14,17H,3,7-10H2,1-2H3,(H,18,20). The van der Waals surface area contributed by atoms with E-state index in [0.717, 1.165) is 31.8 Å². The molecule has 0 radical (unpaired) electrons. The summed E-state index contributed by atoms with van der Waals surface area (Å²) in [7, 11) is 0. The van der Waals surface area contributed by atoms with Crippen LogP contribution in [0.5, 0.6) is 0 Å². The van der Waals surface area contributed by atoms with Gasteiger partial charge < -0.3 is 15.1 Å². The fraction of sp³-hybridized carbons (Fsp3) is 0.688. The first kappa shape index (κ1) is 14.6. The number of carbonyl (C=O) groups is 1. The van der Waals surface area contributed by atoms with Crippen molar-refractivity contribution in [1.29, 1.82) is 0 Å². The molecule has 5 heteroatoms. The molecule has 0 bridgehead atoms. The quantitative estimate of drug-likeness (QED) is 0.861. The van der Waals surface area contributed by atoms with E-state index in [1.54, 1.807) is 6.26 Å². The number of rotatable bonds is 5. The Kier molecular flexibility index (Phi) is 4.31. The van der Waals surface area contributed by atoms with Gasteiger partial charge in [-0.15, -0.1) is 0 Å². The number of nitrogens with zero attached hydrogens (tertiary/aromatic N) is 1. The largest absolute Gasteiger partial charge is 0.467 e. The summed E-state index contributed by atoms with van der Waals surface area (Å²) in [6, 6.07) is 4.21. The van der Waals surface area contributed by atoms with Crippen molar-refractivity contribution in [2.45, 2.75) is 32.4 Å². The van der Waals surface area contributed by atoms with Crippen LogP contribution in [-0.4, -0.2) is 43.0 Å². The number of amides is 1. The van der Waals surface area contributed by atoms with Crippen LogP contribution < -0.4 is 10.6 Å². The summed E-state index contributed by atoms with van der Waals surface area (Å²) < 4.78 is 5.33. The number of hydrogen-bond donors (Lipinski definition) is 2. The average Bonchev–Trinajstić information content (AvgIpc) is 3.14. The number of nitrogens with one attached hydrogen (secondary N) is 2. The summed E-state index contributed by atoms with van der Waals surface area (Å²) in [5, 5.41) is 6.50. The van der Waals surface area contributed by atoms with Gasteiger partial charge in [-0.1, -0.05) is 6.92 Å². The molecule has 2 aliphatic rings. The van der Waals surface area contributed by atoms with Gasteiger partial charge in [0.25, 0.3) is 0 Å². The van der Waals surface area contributed by atoms with Crippen LogP contribution in [0.25, 0.3) is 0 Å². The minimum Gasteiger partial charge on any atom is -0.467 e. The first-order chi connectivity index (χ1) is 10.2. The molecule has 1 amide bonds. The highest BCUT2D eigenvalue weighted by molar-refractivity contribution is 5.78. The van der Waals surface area contributed by atoms with Gasteiger partial charge in [0.2, 0.25) is 5.91 Å². The average molecular weight is 291 g/mol. The van der Waals surface area contributed by atoms with E-state index in [-0.39, 0.29) is 11.9 Å². The third-order valence-corrected chi connectivity index (χ3v) is 4.94. The fourth-order valence-corrected chi connectivity index (χ4v) is 3.93. The lowest BCUT2D eigenvalue weighted by molar-refractivity contribution is -0.123. The molecular weight excluding hydrogens is 266 g/mol. The molecule has 0 saturated carbocycles. The van der Waals surface area contributed by atoms with Crippen molar-refractivity contribution in [1.82, 2.24) is 15.5 Å². The monoisotopic (exact) mass is 291 g/mol. The molecule has 2 fully saturated rings. The zero-order valence-corrected chi connectivity index (χ0v) is 12.8. The molecule has 2 saturated heterocycles. The molecule has 3 heterocycles. The second-order valence-corrected chi connectivity index (χ2v) is 6.29. The van der Waals surface area contributed by atoms with Crippen LogP contribution in [0.15, 0.2) is 22.8 Å². The molecule has 0 aliphatic carbocycles. The highest BCUT2D eigenvalue weighted by Gasteiger charge is 2.43. The van der Waals surface area contributed by atoms with E-state index < -0.39 is 0 Å². The Hall–Kier alpha value is -1.33. The maximum absolute atomic E-state index is 12.3. The molecule has 4 unspecified atom stereocenters. The first-order valence-electron chi connectivity index (χ1n) is 7.96. The zero-order chi connectivity index (χ0) is 14.8.